The van der Waals surface area contributed by atoms with E-state index in [4.69, 9.17) is 30.0 Å². The van der Waals surface area contributed by atoms with E-state index >= 15 is 0 Å². The molecule has 3 rings (SSSR count). The molecule has 1 heterocycles. The summed E-state index contributed by atoms with van der Waals surface area (Å²) < 4.78 is 45.0. The Labute approximate surface area is 221 Å². The molecule has 1 aliphatic carbocycles. The predicted octanol–water partition coefficient (Wildman–Crippen LogP) is 5.02. The third-order valence-electron chi connectivity index (χ3n) is 6.05. The fraction of sp³-hybridized carbons (Fsp3) is 0.520. The van der Waals surface area contributed by atoms with Gasteiger partial charge in [0.05, 0.1) is 26.1 Å². The van der Waals surface area contributed by atoms with E-state index in [1.54, 1.807) is 24.3 Å². The number of methoxy groups -OCH3 is 1. The van der Waals surface area contributed by atoms with E-state index in [9.17, 15) is 18.0 Å². The summed E-state index contributed by atoms with van der Waals surface area (Å²) >= 11 is 7.61. The molecule has 0 radical (unpaired) electrons. The zero-order chi connectivity index (χ0) is 26.3. The summed E-state index contributed by atoms with van der Waals surface area (Å²) in [6.45, 7) is 1.82. The molecule has 0 N–H and O–H groups in total. The van der Waals surface area contributed by atoms with Gasteiger partial charge < -0.3 is 14.2 Å². The van der Waals surface area contributed by atoms with Crippen molar-refractivity contribution in [2.45, 2.75) is 51.7 Å². The molecule has 0 saturated heterocycles. The number of halogens is 1. The van der Waals surface area contributed by atoms with Crippen molar-refractivity contribution in [1.82, 2.24) is 0 Å². The highest BCUT2D eigenvalue weighted by atomic mass is 35.5. The number of thiophene rings is 1. The minimum absolute atomic E-state index is 0.000495. The SMILES string of the molecule is COC(=O)c1ccc(CCC[C@@H]2[C@@H](COc3cc(Cl)cc(COC(C)=O)c3)CC[C@@H]2OS(C)(=O)=O)s1. The molecule has 1 aromatic carbocycles. The van der Waals surface area contributed by atoms with Crippen molar-refractivity contribution >= 4 is 45.0 Å². The quantitative estimate of drug-likeness (QED) is 0.264. The number of carbonyl (C=O) groups is 2. The standard InChI is InChI=1S/C25H31ClO8S2/c1-16(27)32-14-17-11-19(26)13-20(12-17)33-15-18-7-9-23(34-36(3,29)30)22(18)6-4-5-21-8-10-24(35-21)25(28)31-2/h8,10-13,18,22-23H,4-7,9,14-15H2,1-3H3/t18-,22-,23+/m1/s1. The molecule has 2 aromatic rings. The first-order chi connectivity index (χ1) is 17.0. The van der Waals surface area contributed by atoms with Gasteiger partial charge in [0.2, 0.25) is 0 Å². The van der Waals surface area contributed by atoms with Crippen molar-refractivity contribution in [1.29, 1.82) is 0 Å². The number of carbonyl (C=O) groups excluding carboxylic acids is 2. The van der Waals surface area contributed by atoms with E-state index in [1.165, 1.54) is 25.4 Å². The fourth-order valence-corrected chi connectivity index (χ4v) is 6.40. The Morgan fingerprint density at radius 1 is 1.17 bits per heavy atom. The van der Waals surface area contributed by atoms with Crippen LogP contribution in [0, 0.1) is 11.8 Å². The lowest BCUT2D eigenvalue weighted by Crippen LogP contribution is -2.27. The lowest BCUT2D eigenvalue weighted by atomic mass is 9.90. The summed E-state index contributed by atoms with van der Waals surface area (Å²) in [5.41, 5.74) is 0.719. The van der Waals surface area contributed by atoms with E-state index < -0.39 is 16.2 Å². The maximum Gasteiger partial charge on any atom is 0.348 e. The van der Waals surface area contributed by atoms with Crippen LogP contribution >= 0.6 is 22.9 Å². The Balaban J connectivity index is 1.63. The largest absolute Gasteiger partial charge is 0.493 e. The van der Waals surface area contributed by atoms with Crippen LogP contribution in [0.15, 0.2) is 30.3 Å². The minimum Gasteiger partial charge on any atom is -0.493 e. The molecule has 0 spiro atoms. The van der Waals surface area contributed by atoms with Gasteiger partial charge in [0, 0.05) is 16.8 Å². The van der Waals surface area contributed by atoms with Crippen LogP contribution in [0.25, 0.3) is 0 Å². The summed E-state index contributed by atoms with van der Waals surface area (Å²) in [4.78, 5) is 24.4. The van der Waals surface area contributed by atoms with Crippen molar-refractivity contribution in [3.05, 3.63) is 50.7 Å². The molecule has 0 bridgehead atoms. The van der Waals surface area contributed by atoms with Gasteiger partial charge in [-0.3, -0.25) is 8.98 Å². The van der Waals surface area contributed by atoms with E-state index in [0.717, 1.165) is 42.4 Å². The number of hydrogen-bond donors (Lipinski definition) is 0. The Hall–Kier alpha value is -2.14. The number of esters is 2. The highest BCUT2D eigenvalue weighted by Crippen LogP contribution is 2.39. The molecule has 1 fully saturated rings. The lowest BCUT2D eigenvalue weighted by Gasteiger charge is -2.24. The normalized spacial score (nSPS) is 19.7. The van der Waals surface area contributed by atoms with Crippen molar-refractivity contribution in [2.75, 3.05) is 20.0 Å². The topological polar surface area (TPSA) is 105 Å². The molecule has 1 saturated carbocycles. The van der Waals surface area contributed by atoms with Crippen molar-refractivity contribution < 1.29 is 36.4 Å². The second-order valence-electron chi connectivity index (χ2n) is 8.88. The smallest absolute Gasteiger partial charge is 0.348 e. The zero-order valence-corrected chi connectivity index (χ0v) is 22.9. The van der Waals surface area contributed by atoms with Crippen LogP contribution in [0.2, 0.25) is 5.02 Å². The van der Waals surface area contributed by atoms with Crippen molar-refractivity contribution in [3.63, 3.8) is 0 Å². The van der Waals surface area contributed by atoms with Gasteiger partial charge in [-0.25, -0.2) is 4.79 Å². The molecule has 1 aromatic heterocycles. The summed E-state index contributed by atoms with van der Waals surface area (Å²) in [7, 11) is -2.23. The second kappa shape index (κ2) is 12.9. The average Bonchev–Trinajstić information content (AvgIpc) is 3.42. The van der Waals surface area contributed by atoms with Crippen LogP contribution < -0.4 is 4.74 Å². The first-order valence-electron chi connectivity index (χ1n) is 11.6. The van der Waals surface area contributed by atoms with Gasteiger partial charge >= 0.3 is 11.9 Å². The molecule has 36 heavy (non-hydrogen) atoms. The number of hydrogen-bond acceptors (Lipinski definition) is 9. The molecular formula is C25H31ClO8S2. The molecule has 198 valence electrons. The van der Waals surface area contributed by atoms with Gasteiger partial charge in [-0.1, -0.05) is 11.6 Å². The van der Waals surface area contributed by atoms with Crippen LogP contribution in [0.4, 0.5) is 0 Å². The molecule has 11 heteroatoms. The summed E-state index contributed by atoms with van der Waals surface area (Å²) in [5, 5.41) is 0.471. The van der Waals surface area contributed by atoms with Crippen LogP contribution in [0.1, 0.15) is 52.7 Å². The Morgan fingerprint density at radius 2 is 1.94 bits per heavy atom. The van der Waals surface area contributed by atoms with Crippen LogP contribution in [-0.4, -0.2) is 46.4 Å². The highest BCUT2D eigenvalue weighted by molar-refractivity contribution is 7.86. The molecule has 3 atom stereocenters. The van der Waals surface area contributed by atoms with E-state index in [1.807, 2.05) is 6.07 Å². The number of ether oxygens (including phenoxy) is 3. The minimum atomic E-state index is -3.59. The first-order valence-corrected chi connectivity index (χ1v) is 14.7. The average molecular weight is 559 g/mol. The van der Waals surface area contributed by atoms with Gasteiger partial charge in [0.1, 0.15) is 17.2 Å². The molecule has 1 aliphatic rings. The third kappa shape index (κ3) is 8.76. The second-order valence-corrected chi connectivity index (χ2v) is 12.1. The Kier molecular flexibility index (Phi) is 10.2. The molecule has 0 unspecified atom stereocenters. The van der Waals surface area contributed by atoms with Crippen molar-refractivity contribution in [3.8, 4) is 5.75 Å². The zero-order valence-electron chi connectivity index (χ0n) is 20.5. The number of rotatable bonds is 12. The van der Waals surface area contributed by atoms with E-state index in [2.05, 4.69) is 0 Å². The maximum atomic E-state index is 11.8. The molecule has 0 amide bonds. The van der Waals surface area contributed by atoms with Gasteiger partial charge in [-0.2, -0.15) is 8.42 Å². The number of benzene rings is 1. The monoisotopic (exact) mass is 558 g/mol. The molecule has 0 aliphatic heterocycles. The van der Waals surface area contributed by atoms with Gasteiger partial charge in [0.15, 0.2) is 0 Å². The first kappa shape index (κ1) is 28.4. The molecular weight excluding hydrogens is 528 g/mol. The van der Waals surface area contributed by atoms with Crippen LogP contribution in [0.5, 0.6) is 5.75 Å². The summed E-state index contributed by atoms with van der Waals surface area (Å²) in [6.07, 6.45) is 4.42. The summed E-state index contributed by atoms with van der Waals surface area (Å²) in [5.74, 6) is -0.0731. The highest BCUT2D eigenvalue weighted by Gasteiger charge is 2.38. The Morgan fingerprint density at radius 3 is 2.64 bits per heavy atom. The maximum absolute atomic E-state index is 11.8. The van der Waals surface area contributed by atoms with E-state index in [-0.39, 0.29) is 30.4 Å². The van der Waals surface area contributed by atoms with Gasteiger partial charge in [0.25, 0.3) is 10.1 Å². The van der Waals surface area contributed by atoms with Gasteiger partial charge in [-0.05, 0) is 79.8 Å². The molecule has 8 nitrogen and oxygen atoms in total. The van der Waals surface area contributed by atoms with E-state index in [0.29, 0.717) is 28.7 Å². The summed E-state index contributed by atoms with van der Waals surface area (Å²) in [6, 6.07) is 8.86. The van der Waals surface area contributed by atoms with Crippen LogP contribution in [0.3, 0.4) is 0 Å². The number of aryl methyl sites for hydroxylation is 1. The third-order valence-corrected chi connectivity index (χ3v) is 7.99. The van der Waals surface area contributed by atoms with Gasteiger partial charge in [-0.15, -0.1) is 11.3 Å². The fourth-order valence-electron chi connectivity index (χ4n) is 4.49. The van der Waals surface area contributed by atoms with Crippen molar-refractivity contribution in [2.24, 2.45) is 11.8 Å². The lowest BCUT2D eigenvalue weighted by molar-refractivity contribution is -0.142. The van der Waals surface area contributed by atoms with Crippen LogP contribution in [-0.2, 0) is 41.6 Å². The predicted molar refractivity (Wildman–Crippen MR) is 137 cm³/mol. The Bertz CT molecular complexity index is 1160.